The predicted molar refractivity (Wildman–Crippen MR) is 78.9 cm³/mol. The van der Waals surface area contributed by atoms with Crippen LogP contribution in [0, 0.1) is 6.92 Å². The van der Waals surface area contributed by atoms with Crippen LogP contribution < -0.4 is 5.32 Å². The van der Waals surface area contributed by atoms with Crippen molar-refractivity contribution in [2.45, 2.75) is 19.8 Å². The van der Waals surface area contributed by atoms with Crippen LogP contribution in [-0.2, 0) is 11.2 Å². The van der Waals surface area contributed by atoms with E-state index >= 15 is 0 Å². The molecule has 1 amide bonds. The highest BCUT2D eigenvalue weighted by Crippen LogP contribution is 2.22. The molecule has 110 valence electrons. The number of nitrogens with zero attached hydrogens (tertiary/aromatic N) is 1. The average Bonchev–Trinajstić information content (AvgIpc) is 2.77. The number of carboxylic acids is 1. The normalized spacial score (nSPS) is 10.3. The first-order valence-electron chi connectivity index (χ1n) is 6.24. The first kappa shape index (κ1) is 15.0. The minimum atomic E-state index is -1.05. The third kappa shape index (κ3) is 4.03. The number of anilines is 1. The monoisotopic (exact) mass is 306 g/mol. The van der Waals surface area contributed by atoms with Gasteiger partial charge in [-0.05, 0) is 31.0 Å². The first-order chi connectivity index (χ1) is 9.95. The molecule has 0 aliphatic rings. The second-order valence-corrected chi connectivity index (χ2v) is 5.46. The Morgan fingerprint density at radius 3 is 2.76 bits per heavy atom. The van der Waals surface area contributed by atoms with Gasteiger partial charge < -0.3 is 15.5 Å². The van der Waals surface area contributed by atoms with Crippen LogP contribution in [0.4, 0.5) is 5.13 Å². The molecule has 0 saturated carbocycles. The van der Waals surface area contributed by atoms with Crippen LogP contribution in [0.1, 0.15) is 27.3 Å². The molecule has 0 aliphatic carbocycles. The lowest BCUT2D eigenvalue weighted by Gasteiger charge is -2.02. The van der Waals surface area contributed by atoms with Gasteiger partial charge in [-0.25, -0.2) is 9.78 Å². The largest absolute Gasteiger partial charge is 0.508 e. The molecule has 0 aliphatic heterocycles. The van der Waals surface area contributed by atoms with E-state index in [0.717, 1.165) is 16.9 Å². The number of hydrogen-bond donors (Lipinski definition) is 3. The number of aromatic hydroxyl groups is 1. The molecule has 0 fully saturated rings. The maximum absolute atomic E-state index is 11.8. The van der Waals surface area contributed by atoms with Gasteiger partial charge in [0.15, 0.2) is 5.13 Å². The maximum Gasteiger partial charge on any atom is 0.347 e. The van der Waals surface area contributed by atoms with Gasteiger partial charge in [0, 0.05) is 6.42 Å². The van der Waals surface area contributed by atoms with Gasteiger partial charge >= 0.3 is 5.97 Å². The third-order valence-corrected chi connectivity index (χ3v) is 3.85. The second kappa shape index (κ2) is 6.36. The van der Waals surface area contributed by atoms with Gasteiger partial charge in [-0.1, -0.05) is 23.5 Å². The number of hydrogen-bond acceptors (Lipinski definition) is 5. The van der Waals surface area contributed by atoms with Gasteiger partial charge in [0.05, 0.1) is 5.69 Å². The number of carbonyl (C=O) groups is 2. The molecule has 0 bridgehead atoms. The van der Waals surface area contributed by atoms with E-state index < -0.39 is 5.97 Å². The number of aromatic carboxylic acids is 1. The summed E-state index contributed by atoms with van der Waals surface area (Å²) in [6.07, 6.45) is 0.709. The average molecular weight is 306 g/mol. The molecule has 0 radical (unpaired) electrons. The molecular weight excluding hydrogens is 292 g/mol. The summed E-state index contributed by atoms with van der Waals surface area (Å²) in [4.78, 5) is 26.8. The second-order valence-electron chi connectivity index (χ2n) is 4.46. The highest BCUT2D eigenvalue weighted by Gasteiger charge is 2.15. The van der Waals surface area contributed by atoms with Crippen molar-refractivity contribution in [2.24, 2.45) is 0 Å². The van der Waals surface area contributed by atoms with Crippen molar-refractivity contribution in [3.8, 4) is 5.75 Å². The van der Waals surface area contributed by atoms with E-state index in [0.29, 0.717) is 12.1 Å². The summed E-state index contributed by atoms with van der Waals surface area (Å²) < 4.78 is 0. The van der Waals surface area contributed by atoms with Crippen LogP contribution in [-0.4, -0.2) is 27.1 Å². The predicted octanol–water partition coefficient (Wildman–Crippen LogP) is 2.43. The van der Waals surface area contributed by atoms with E-state index in [4.69, 9.17) is 5.11 Å². The topological polar surface area (TPSA) is 99.5 Å². The highest BCUT2D eigenvalue weighted by atomic mass is 32.1. The number of benzene rings is 1. The summed E-state index contributed by atoms with van der Waals surface area (Å²) in [7, 11) is 0. The Bertz CT molecular complexity index is 681. The standard InChI is InChI=1S/C14H14N2O4S/c1-8-12(13(19)20)21-14(15-8)16-11(18)6-5-9-3-2-4-10(17)7-9/h2-4,7,17H,5-6H2,1H3,(H,19,20)(H,15,16,18). The van der Waals surface area contributed by atoms with Crippen LogP contribution >= 0.6 is 11.3 Å². The number of nitrogens with one attached hydrogen (secondary N) is 1. The van der Waals surface area contributed by atoms with Crippen LogP contribution in [0.25, 0.3) is 0 Å². The smallest absolute Gasteiger partial charge is 0.347 e. The van der Waals surface area contributed by atoms with Crippen molar-refractivity contribution in [2.75, 3.05) is 5.32 Å². The number of aryl methyl sites for hydroxylation is 2. The Balaban J connectivity index is 1.93. The fourth-order valence-corrected chi connectivity index (χ4v) is 2.62. The van der Waals surface area contributed by atoms with Crippen molar-refractivity contribution >= 4 is 28.3 Å². The zero-order valence-corrected chi connectivity index (χ0v) is 12.1. The molecule has 2 aromatic rings. The molecular formula is C14H14N2O4S. The van der Waals surface area contributed by atoms with Gasteiger partial charge in [-0.15, -0.1) is 0 Å². The number of rotatable bonds is 5. The molecule has 0 atom stereocenters. The van der Waals surface area contributed by atoms with Crippen molar-refractivity contribution < 1.29 is 19.8 Å². The van der Waals surface area contributed by atoms with Gasteiger partial charge in [-0.2, -0.15) is 0 Å². The lowest BCUT2D eigenvalue weighted by Crippen LogP contribution is -2.12. The minimum absolute atomic E-state index is 0.123. The minimum Gasteiger partial charge on any atom is -0.508 e. The molecule has 2 rings (SSSR count). The van der Waals surface area contributed by atoms with Crippen molar-refractivity contribution in [3.63, 3.8) is 0 Å². The van der Waals surface area contributed by atoms with Gasteiger partial charge in [0.25, 0.3) is 0 Å². The van der Waals surface area contributed by atoms with E-state index in [1.807, 2.05) is 6.07 Å². The lowest BCUT2D eigenvalue weighted by atomic mass is 10.1. The lowest BCUT2D eigenvalue weighted by molar-refractivity contribution is -0.116. The number of carboxylic acid groups (broad SMARTS) is 1. The summed E-state index contributed by atoms with van der Waals surface area (Å²) in [6, 6.07) is 6.70. The van der Waals surface area contributed by atoms with Crippen LogP contribution in [0.5, 0.6) is 5.75 Å². The fraction of sp³-hybridized carbons (Fsp3) is 0.214. The Morgan fingerprint density at radius 2 is 2.14 bits per heavy atom. The molecule has 0 spiro atoms. The Labute approximate surface area is 125 Å². The van der Waals surface area contributed by atoms with Gasteiger partial charge in [-0.3, -0.25) is 4.79 Å². The number of amides is 1. The van der Waals surface area contributed by atoms with E-state index in [2.05, 4.69) is 10.3 Å². The van der Waals surface area contributed by atoms with Crippen molar-refractivity contribution in [1.82, 2.24) is 4.98 Å². The van der Waals surface area contributed by atoms with E-state index in [1.165, 1.54) is 0 Å². The summed E-state index contributed by atoms with van der Waals surface area (Å²) >= 11 is 0.937. The van der Waals surface area contributed by atoms with Gasteiger partial charge in [0.2, 0.25) is 5.91 Å². The number of carbonyl (C=O) groups excluding carboxylic acids is 1. The van der Waals surface area contributed by atoms with Crippen LogP contribution in [0.3, 0.4) is 0 Å². The molecule has 1 aromatic carbocycles. The Hall–Kier alpha value is -2.41. The van der Waals surface area contributed by atoms with Crippen molar-refractivity contribution in [1.29, 1.82) is 0 Å². The molecule has 0 saturated heterocycles. The van der Waals surface area contributed by atoms with Crippen molar-refractivity contribution in [3.05, 3.63) is 40.4 Å². The molecule has 0 unspecified atom stereocenters. The first-order valence-corrected chi connectivity index (χ1v) is 7.06. The third-order valence-electron chi connectivity index (χ3n) is 2.79. The highest BCUT2D eigenvalue weighted by molar-refractivity contribution is 7.17. The van der Waals surface area contributed by atoms with E-state index in [9.17, 15) is 14.7 Å². The molecule has 1 aromatic heterocycles. The summed E-state index contributed by atoms with van der Waals surface area (Å²) in [5.74, 6) is -1.14. The quantitative estimate of drug-likeness (QED) is 0.788. The molecule has 6 nitrogen and oxygen atoms in total. The van der Waals surface area contributed by atoms with Crippen LogP contribution in [0.15, 0.2) is 24.3 Å². The van der Waals surface area contributed by atoms with Gasteiger partial charge in [0.1, 0.15) is 10.6 Å². The zero-order chi connectivity index (χ0) is 15.4. The maximum atomic E-state index is 11.8. The molecule has 7 heteroatoms. The SMILES string of the molecule is Cc1nc(NC(=O)CCc2cccc(O)c2)sc1C(=O)O. The summed E-state index contributed by atoms with van der Waals surface area (Å²) in [5.41, 5.74) is 1.24. The molecule has 3 N–H and O–H groups in total. The van der Waals surface area contributed by atoms with E-state index in [1.54, 1.807) is 25.1 Å². The number of phenols is 1. The molecule has 1 heterocycles. The number of thiazole rings is 1. The Morgan fingerprint density at radius 1 is 1.38 bits per heavy atom. The number of aromatic nitrogens is 1. The summed E-state index contributed by atoms with van der Waals surface area (Å²) in [5, 5.41) is 21.1. The zero-order valence-electron chi connectivity index (χ0n) is 11.3. The fourth-order valence-electron chi connectivity index (χ4n) is 1.80. The Kier molecular flexibility index (Phi) is 4.54. The van der Waals surface area contributed by atoms with E-state index in [-0.39, 0.29) is 28.1 Å². The number of phenolic OH excluding ortho intramolecular Hbond substituents is 1. The van der Waals surface area contributed by atoms with Crippen LogP contribution in [0.2, 0.25) is 0 Å². The summed E-state index contributed by atoms with van der Waals surface area (Å²) in [6.45, 7) is 1.59. The molecule has 21 heavy (non-hydrogen) atoms.